The van der Waals surface area contributed by atoms with Gasteiger partial charge in [0, 0.05) is 25.9 Å². The van der Waals surface area contributed by atoms with Crippen LogP contribution in [0.3, 0.4) is 0 Å². The Labute approximate surface area is 133 Å². The second-order valence-corrected chi connectivity index (χ2v) is 7.65. The van der Waals surface area contributed by atoms with Crippen LogP contribution in [0.1, 0.15) is 26.3 Å². The topological polar surface area (TPSA) is 49.5 Å². The van der Waals surface area contributed by atoms with Crippen molar-refractivity contribution in [2.75, 3.05) is 33.0 Å². The largest absolute Gasteiger partial charge is 0.505 e. The summed E-state index contributed by atoms with van der Waals surface area (Å²) >= 11 is 0. The van der Waals surface area contributed by atoms with E-state index in [0.29, 0.717) is 32.5 Å². The molecular weight excluding hydrogens is 300 g/mol. The Kier molecular flexibility index (Phi) is 6.85. The van der Waals surface area contributed by atoms with Gasteiger partial charge in [-0.3, -0.25) is 0 Å². The predicted molar refractivity (Wildman–Crippen MR) is 86.0 cm³/mol. The van der Waals surface area contributed by atoms with Crippen molar-refractivity contribution in [2.24, 2.45) is 0 Å². The van der Waals surface area contributed by atoms with Crippen molar-refractivity contribution in [3.63, 3.8) is 0 Å². The maximum absolute atomic E-state index is 5.88. The summed E-state index contributed by atoms with van der Waals surface area (Å²) in [7, 11) is -2.64. The summed E-state index contributed by atoms with van der Waals surface area (Å²) in [5, 5.41) is 0. The Morgan fingerprint density at radius 2 is 1.55 bits per heavy atom. The second-order valence-electron chi connectivity index (χ2n) is 5.07. The molecule has 1 saturated heterocycles. The van der Waals surface area contributed by atoms with Gasteiger partial charge in [-0.15, -0.1) is 0 Å². The highest BCUT2D eigenvalue weighted by atomic mass is 28.4. The minimum absolute atomic E-state index is 0.272. The van der Waals surface area contributed by atoms with Gasteiger partial charge < -0.3 is 22.8 Å². The molecule has 1 aromatic carbocycles. The van der Waals surface area contributed by atoms with Crippen molar-refractivity contribution in [2.45, 2.75) is 32.9 Å². The third-order valence-electron chi connectivity index (χ3n) is 3.27. The summed E-state index contributed by atoms with van der Waals surface area (Å²) in [5.74, 6) is 0.857. The lowest BCUT2D eigenvalue weighted by molar-refractivity contribution is 0.0704. The fourth-order valence-electron chi connectivity index (χ4n) is 2.24. The number of rotatable bonds is 11. The van der Waals surface area contributed by atoms with Crippen LogP contribution in [0.25, 0.3) is 0 Å². The molecule has 1 aromatic rings. The quantitative estimate of drug-likeness (QED) is 0.462. The van der Waals surface area contributed by atoms with Crippen LogP contribution < -0.4 is 4.74 Å². The third-order valence-corrected chi connectivity index (χ3v) is 6.30. The van der Waals surface area contributed by atoms with Crippen molar-refractivity contribution < 1.29 is 22.8 Å². The van der Waals surface area contributed by atoms with Crippen molar-refractivity contribution in [3.8, 4) is 5.75 Å². The van der Waals surface area contributed by atoms with Crippen molar-refractivity contribution in [1.29, 1.82) is 0 Å². The average Bonchev–Trinajstić information content (AvgIpc) is 3.32. The molecule has 1 heterocycles. The van der Waals surface area contributed by atoms with Gasteiger partial charge >= 0.3 is 8.80 Å². The van der Waals surface area contributed by atoms with E-state index < -0.39 is 8.80 Å². The standard InChI is InChI=1S/C16H26O5Si/c1-4-19-22(20-5-2,21-6-3)13-14-7-9-15(10-8-14)17-11-16-12-18-16/h7-10,16H,4-6,11-13H2,1-3H3. The van der Waals surface area contributed by atoms with Crippen molar-refractivity contribution in [1.82, 2.24) is 0 Å². The van der Waals surface area contributed by atoms with Crippen LogP contribution >= 0.6 is 0 Å². The Bertz CT molecular complexity index is 416. The average molecular weight is 326 g/mol. The molecule has 0 spiro atoms. The van der Waals surface area contributed by atoms with Crippen LogP contribution in [0.4, 0.5) is 0 Å². The lowest BCUT2D eigenvalue weighted by atomic mass is 10.2. The zero-order valence-electron chi connectivity index (χ0n) is 13.7. The van der Waals surface area contributed by atoms with Gasteiger partial charge in [-0.25, -0.2) is 0 Å². The molecule has 0 saturated carbocycles. The molecule has 6 heteroatoms. The highest BCUT2D eigenvalue weighted by Gasteiger charge is 2.40. The van der Waals surface area contributed by atoms with Crippen molar-refractivity contribution in [3.05, 3.63) is 29.8 Å². The molecule has 0 aliphatic carbocycles. The van der Waals surface area contributed by atoms with Gasteiger partial charge in [0.05, 0.1) is 6.61 Å². The number of benzene rings is 1. The Morgan fingerprint density at radius 1 is 1.00 bits per heavy atom. The molecule has 1 aliphatic rings. The van der Waals surface area contributed by atoms with E-state index in [1.807, 2.05) is 45.0 Å². The van der Waals surface area contributed by atoms with Crippen LogP contribution in [-0.2, 0) is 24.1 Å². The second kappa shape index (κ2) is 8.64. The van der Waals surface area contributed by atoms with E-state index in [2.05, 4.69) is 0 Å². The fraction of sp³-hybridized carbons (Fsp3) is 0.625. The van der Waals surface area contributed by atoms with Crippen LogP contribution in [-0.4, -0.2) is 47.9 Å². The first-order chi connectivity index (χ1) is 10.7. The summed E-state index contributed by atoms with van der Waals surface area (Å²) in [4.78, 5) is 0. The zero-order chi connectivity index (χ0) is 15.8. The first kappa shape index (κ1) is 17.4. The summed E-state index contributed by atoms with van der Waals surface area (Å²) in [6, 6.07) is 8.71. The van der Waals surface area contributed by atoms with Gasteiger partial charge in [-0.2, -0.15) is 0 Å². The van der Waals surface area contributed by atoms with Crippen LogP contribution in [0.5, 0.6) is 5.75 Å². The molecular formula is C16H26O5Si. The summed E-state index contributed by atoms with van der Waals surface area (Å²) in [6.07, 6.45) is 0.272. The number of hydrogen-bond acceptors (Lipinski definition) is 5. The third kappa shape index (κ3) is 5.37. The van der Waals surface area contributed by atoms with E-state index in [0.717, 1.165) is 17.9 Å². The minimum Gasteiger partial charge on any atom is -0.491 e. The number of epoxide rings is 1. The maximum atomic E-state index is 5.88. The van der Waals surface area contributed by atoms with E-state index >= 15 is 0 Å². The van der Waals surface area contributed by atoms with E-state index in [1.54, 1.807) is 0 Å². The number of hydrogen-bond donors (Lipinski definition) is 0. The Morgan fingerprint density at radius 3 is 2.00 bits per heavy atom. The van der Waals surface area contributed by atoms with Gasteiger partial charge in [-0.05, 0) is 38.5 Å². The van der Waals surface area contributed by atoms with Gasteiger partial charge in [0.25, 0.3) is 0 Å². The Hall–Kier alpha value is -0.923. The monoisotopic (exact) mass is 326 g/mol. The van der Waals surface area contributed by atoms with E-state index in [-0.39, 0.29) is 6.10 Å². The summed E-state index contributed by atoms with van der Waals surface area (Å²) in [5.41, 5.74) is 1.14. The molecule has 124 valence electrons. The van der Waals surface area contributed by atoms with E-state index in [9.17, 15) is 0 Å². The van der Waals surface area contributed by atoms with Gasteiger partial charge in [0.2, 0.25) is 0 Å². The van der Waals surface area contributed by atoms with Gasteiger partial charge in [0.1, 0.15) is 18.5 Å². The molecule has 1 unspecified atom stereocenters. The van der Waals surface area contributed by atoms with Gasteiger partial charge in [0.15, 0.2) is 0 Å². The lowest BCUT2D eigenvalue weighted by Gasteiger charge is -2.28. The number of ether oxygens (including phenoxy) is 2. The first-order valence-electron chi connectivity index (χ1n) is 7.96. The molecule has 1 atom stereocenters. The molecule has 0 bridgehead atoms. The molecule has 0 amide bonds. The molecule has 1 fully saturated rings. The lowest BCUT2D eigenvalue weighted by Crippen LogP contribution is -2.48. The zero-order valence-corrected chi connectivity index (χ0v) is 14.7. The highest BCUT2D eigenvalue weighted by molar-refractivity contribution is 6.60. The smallest absolute Gasteiger partial charge is 0.491 e. The minimum atomic E-state index is -2.64. The van der Waals surface area contributed by atoms with E-state index in [4.69, 9.17) is 22.8 Å². The SMILES string of the molecule is CCO[Si](Cc1ccc(OCC2CO2)cc1)(OCC)OCC. The van der Waals surface area contributed by atoms with Crippen LogP contribution in [0.2, 0.25) is 0 Å². The molecule has 5 nitrogen and oxygen atoms in total. The predicted octanol–water partition coefficient (Wildman–Crippen LogP) is 2.59. The summed E-state index contributed by atoms with van der Waals surface area (Å²) in [6.45, 7) is 9.11. The maximum Gasteiger partial charge on any atom is 0.505 e. The molecule has 1 aliphatic heterocycles. The molecule has 0 aromatic heterocycles. The van der Waals surface area contributed by atoms with E-state index in [1.165, 1.54) is 0 Å². The summed E-state index contributed by atoms with van der Waals surface area (Å²) < 4.78 is 28.4. The fourth-order valence-corrected chi connectivity index (χ4v) is 4.86. The Balaban J connectivity index is 1.97. The highest BCUT2D eigenvalue weighted by Crippen LogP contribution is 2.20. The first-order valence-corrected chi connectivity index (χ1v) is 9.89. The molecule has 2 rings (SSSR count). The van der Waals surface area contributed by atoms with Crippen molar-refractivity contribution >= 4 is 8.80 Å². The molecule has 22 heavy (non-hydrogen) atoms. The van der Waals surface area contributed by atoms with Crippen LogP contribution in [0.15, 0.2) is 24.3 Å². The normalized spacial score (nSPS) is 17.5. The van der Waals surface area contributed by atoms with Gasteiger partial charge in [-0.1, -0.05) is 12.1 Å². The molecule has 0 N–H and O–H groups in total. The molecule has 0 radical (unpaired) electrons. The van der Waals surface area contributed by atoms with Crippen LogP contribution in [0, 0.1) is 0 Å².